The zero-order valence-electron chi connectivity index (χ0n) is 11.1. The van der Waals surface area contributed by atoms with Gasteiger partial charge in [0.1, 0.15) is 5.75 Å². The van der Waals surface area contributed by atoms with Gasteiger partial charge in [0.15, 0.2) is 0 Å². The van der Waals surface area contributed by atoms with E-state index in [1.807, 2.05) is 18.2 Å². The summed E-state index contributed by atoms with van der Waals surface area (Å²) in [7, 11) is 3.01. The summed E-state index contributed by atoms with van der Waals surface area (Å²) < 4.78 is 11.2. The van der Waals surface area contributed by atoms with Crippen LogP contribution >= 0.6 is 15.9 Å². The lowest BCUT2D eigenvalue weighted by molar-refractivity contribution is -0.160. The van der Waals surface area contributed by atoms with Gasteiger partial charge in [-0.15, -0.1) is 0 Å². The van der Waals surface area contributed by atoms with Crippen LogP contribution in [0.15, 0.2) is 22.7 Å². The molecule has 0 bridgehead atoms. The van der Waals surface area contributed by atoms with Gasteiger partial charge in [0.2, 0.25) is 0 Å². The van der Waals surface area contributed by atoms with Crippen LogP contribution in [-0.2, 0) is 9.53 Å². The molecular weight excluding hydrogens is 310 g/mol. The van der Waals surface area contributed by atoms with Crippen molar-refractivity contribution >= 4 is 21.9 Å². The van der Waals surface area contributed by atoms with E-state index in [2.05, 4.69) is 15.9 Å². The molecule has 1 aromatic carbocycles. The van der Waals surface area contributed by atoms with Gasteiger partial charge in [-0.3, -0.25) is 4.79 Å². The topological polar surface area (TPSA) is 61.5 Å². The van der Waals surface area contributed by atoms with Crippen LogP contribution in [0.1, 0.15) is 30.9 Å². The number of nitrogens with two attached hydrogens (primary N) is 1. The van der Waals surface area contributed by atoms with E-state index in [9.17, 15) is 4.79 Å². The molecule has 4 nitrogen and oxygen atoms in total. The first kappa shape index (κ1) is 14.3. The number of methoxy groups -OCH3 is 2. The Morgan fingerprint density at radius 1 is 1.42 bits per heavy atom. The second kappa shape index (κ2) is 5.51. The molecule has 1 unspecified atom stereocenters. The van der Waals surface area contributed by atoms with E-state index in [4.69, 9.17) is 15.2 Å². The minimum Gasteiger partial charge on any atom is -0.496 e. The number of ether oxygens (including phenoxy) is 2. The van der Waals surface area contributed by atoms with Gasteiger partial charge < -0.3 is 15.2 Å². The third kappa shape index (κ3) is 2.37. The highest BCUT2D eigenvalue weighted by Gasteiger charge is 2.51. The van der Waals surface area contributed by atoms with Crippen LogP contribution in [0.4, 0.5) is 0 Å². The number of carbonyl (C=O) groups is 1. The number of hydrogen-bond donors (Lipinski definition) is 1. The smallest absolute Gasteiger partial charge is 0.313 e. The van der Waals surface area contributed by atoms with Crippen molar-refractivity contribution in [2.45, 2.75) is 25.3 Å². The summed E-state index contributed by atoms with van der Waals surface area (Å²) in [4.78, 5) is 12.1. The largest absolute Gasteiger partial charge is 0.496 e. The van der Waals surface area contributed by atoms with E-state index < -0.39 is 11.5 Å². The van der Waals surface area contributed by atoms with E-state index >= 15 is 0 Å². The van der Waals surface area contributed by atoms with E-state index in [1.54, 1.807) is 7.11 Å². The molecule has 5 heteroatoms. The summed E-state index contributed by atoms with van der Waals surface area (Å²) in [5.41, 5.74) is 6.58. The van der Waals surface area contributed by atoms with Gasteiger partial charge in [-0.1, -0.05) is 22.4 Å². The third-order valence-corrected chi connectivity index (χ3v) is 4.45. The van der Waals surface area contributed by atoms with Gasteiger partial charge in [0, 0.05) is 16.1 Å². The molecule has 19 heavy (non-hydrogen) atoms. The van der Waals surface area contributed by atoms with E-state index in [0.717, 1.165) is 29.3 Å². The molecule has 0 amide bonds. The molecule has 0 aliphatic heterocycles. The SMILES string of the molecule is COC(=O)C1(C(N)c2cc(Br)ccc2OC)CCC1. The van der Waals surface area contributed by atoms with Gasteiger partial charge in [0.25, 0.3) is 0 Å². The molecule has 0 aromatic heterocycles. The van der Waals surface area contributed by atoms with Crippen LogP contribution in [0.2, 0.25) is 0 Å². The van der Waals surface area contributed by atoms with Crippen LogP contribution in [0.25, 0.3) is 0 Å². The summed E-state index contributed by atoms with van der Waals surface area (Å²) in [5.74, 6) is 0.471. The molecule has 1 atom stereocenters. The highest BCUT2D eigenvalue weighted by Crippen LogP contribution is 2.51. The number of benzene rings is 1. The standard InChI is InChI=1S/C14H18BrNO3/c1-18-11-5-4-9(15)8-10(11)12(16)14(6-3-7-14)13(17)19-2/h4-5,8,12H,3,6-7,16H2,1-2H3. The second-order valence-electron chi connectivity index (χ2n) is 4.87. The van der Waals surface area contributed by atoms with Crippen molar-refractivity contribution in [1.82, 2.24) is 0 Å². The maximum absolute atomic E-state index is 12.1. The van der Waals surface area contributed by atoms with E-state index in [1.165, 1.54) is 7.11 Å². The highest BCUT2D eigenvalue weighted by molar-refractivity contribution is 9.10. The predicted octanol–water partition coefficient (Wildman–Crippen LogP) is 2.80. The van der Waals surface area contributed by atoms with Crippen molar-refractivity contribution in [2.75, 3.05) is 14.2 Å². The first-order valence-corrected chi connectivity index (χ1v) is 7.02. The van der Waals surface area contributed by atoms with E-state index in [-0.39, 0.29) is 5.97 Å². The van der Waals surface area contributed by atoms with Crippen molar-refractivity contribution in [3.05, 3.63) is 28.2 Å². The zero-order chi connectivity index (χ0) is 14.0. The highest BCUT2D eigenvalue weighted by atomic mass is 79.9. The number of hydrogen-bond acceptors (Lipinski definition) is 4. The Kier molecular flexibility index (Phi) is 4.16. The molecule has 2 rings (SSSR count). The molecule has 0 saturated heterocycles. The Morgan fingerprint density at radius 2 is 2.11 bits per heavy atom. The van der Waals surface area contributed by atoms with Crippen molar-refractivity contribution in [3.63, 3.8) is 0 Å². The quantitative estimate of drug-likeness (QED) is 0.864. The third-order valence-electron chi connectivity index (χ3n) is 3.96. The molecule has 1 saturated carbocycles. The predicted molar refractivity (Wildman–Crippen MR) is 75.9 cm³/mol. The minimum absolute atomic E-state index is 0.228. The van der Waals surface area contributed by atoms with Crippen LogP contribution in [0, 0.1) is 5.41 Å². The van der Waals surface area contributed by atoms with Gasteiger partial charge in [-0.05, 0) is 31.0 Å². The van der Waals surface area contributed by atoms with E-state index in [0.29, 0.717) is 5.75 Å². The maximum Gasteiger partial charge on any atom is 0.313 e. The molecule has 1 aliphatic carbocycles. The fourth-order valence-electron chi connectivity index (χ4n) is 2.65. The monoisotopic (exact) mass is 327 g/mol. The summed E-state index contributed by atoms with van der Waals surface area (Å²) in [5, 5.41) is 0. The summed E-state index contributed by atoms with van der Waals surface area (Å²) in [6.45, 7) is 0. The van der Waals surface area contributed by atoms with Crippen molar-refractivity contribution < 1.29 is 14.3 Å². The molecule has 104 valence electrons. The van der Waals surface area contributed by atoms with Gasteiger partial charge in [0.05, 0.1) is 19.6 Å². The van der Waals surface area contributed by atoms with Crippen molar-refractivity contribution in [3.8, 4) is 5.75 Å². The first-order valence-electron chi connectivity index (χ1n) is 6.22. The summed E-state index contributed by atoms with van der Waals surface area (Å²) in [6.07, 6.45) is 2.52. The molecule has 0 radical (unpaired) electrons. The van der Waals surface area contributed by atoms with Crippen molar-refractivity contribution in [2.24, 2.45) is 11.1 Å². The fourth-order valence-corrected chi connectivity index (χ4v) is 3.03. The maximum atomic E-state index is 12.1. The van der Waals surface area contributed by atoms with Crippen LogP contribution in [0.3, 0.4) is 0 Å². The molecule has 1 aliphatic rings. The lowest BCUT2D eigenvalue weighted by Gasteiger charge is -2.43. The number of rotatable bonds is 4. The van der Waals surface area contributed by atoms with Crippen molar-refractivity contribution in [1.29, 1.82) is 0 Å². The summed E-state index contributed by atoms with van der Waals surface area (Å²) in [6, 6.07) is 5.23. The molecule has 0 heterocycles. The van der Waals surface area contributed by atoms with Crippen LogP contribution in [-0.4, -0.2) is 20.2 Å². The molecule has 1 fully saturated rings. The van der Waals surface area contributed by atoms with Crippen LogP contribution < -0.4 is 10.5 Å². The van der Waals surface area contributed by atoms with Gasteiger partial charge in [-0.2, -0.15) is 0 Å². The van der Waals surface area contributed by atoms with Gasteiger partial charge >= 0.3 is 5.97 Å². The Balaban J connectivity index is 2.40. The Morgan fingerprint density at radius 3 is 2.58 bits per heavy atom. The lowest BCUT2D eigenvalue weighted by Crippen LogP contribution is -2.47. The summed E-state index contributed by atoms with van der Waals surface area (Å²) >= 11 is 3.43. The molecule has 2 N–H and O–H groups in total. The number of carbonyl (C=O) groups excluding carboxylic acids is 1. The second-order valence-corrected chi connectivity index (χ2v) is 5.78. The average molecular weight is 328 g/mol. The Labute approximate surface area is 121 Å². The molecule has 1 aromatic rings. The van der Waals surface area contributed by atoms with Crippen LogP contribution in [0.5, 0.6) is 5.75 Å². The zero-order valence-corrected chi connectivity index (χ0v) is 12.7. The number of halogens is 1. The molecule has 0 spiro atoms. The first-order chi connectivity index (χ1) is 9.05. The fraction of sp³-hybridized carbons (Fsp3) is 0.500. The number of esters is 1. The van der Waals surface area contributed by atoms with Gasteiger partial charge in [-0.25, -0.2) is 0 Å². The average Bonchev–Trinajstić information content (AvgIpc) is 2.36. The molecular formula is C14H18BrNO3. The normalized spacial score (nSPS) is 18.3. The minimum atomic E-state index is -0.608. The lowest BCUT2D eigenvalue weighted by atomic mass is 9.62. The Hall–Kier alpha value is -1.07. The Bertz CT molecular complexity index is 486.